The summed E-state index contributed by atoms with van der Waals surface area (Å²) in [5.41, 5.74) is 1.27. The lowest BCUT2D eigenvalue weighted by atomic mass is 9.94. The minimum Gasteiger partial charge on any atom is -0.466 e. The van der Waals surface area contributed by atoms with Gasteiger partial charge in [-0.15, -0.1) is 0 Å². The fourth-order valence-corrected chi connectivity index (χ4v) is 4.31. The Morgan fingerprint density at radius 1 is 1.23 bits per heavy atom. The normalized spacial score (nSPS) is 23.8. The second-order valence-corrected chi connectivity index (χ2v) is 13.6. The van der Waals surface area contributed by atoms with Crippen LogP contribution in [0.15, 0.2) is 30.3 Å². The second kappa shape index (κ2) is 8.68. The fourth-order valence-electron chi connectivity index (χ4n) is 3.25. The molecule has 1 aliphatic rings. The zero-order chi connectivity index (χ0) is 19.4. The van der Waals surface area contributed by atoms with Crippen molar-refractivity contribution in [1.29, 1.82) is 0 Å². The average molecular weight is 378 g/mol. The van der Waals surface area contributed by atoms with Crippen LogP contribution in [0.4, 0.5) is 0 Å². The molecule has 5 heteroatoms. The molecular weight excluding hydrogens is 342 g/mol. The molecule has 0 aliphatic carbocycles. The van der Waals surface area contributed by atoms with Crippen molar-refractivity contribution in [3.63, 3.8) is 0 Å². The molecule has 1 aromatic rings. The number of ether oxygens (including phenoxy) is 1. The van der Waals surface area contributed by atoms with Crippen LogP contribution in [0, 0.1) is 5.92 Å². The van der Waals surface area contributed by atoms with Gasteiger partial charge in [-0.3, -0.25) is 4.79 Å². The lowest BCUT2D eigenvalue weighted by molar-refractivity contribution is -0.143. The fraction of sp³-hybridized carbons (Fsp3) is 0.667. The summed E-state index contributed by atoms with van der Waals surface area (Å²) in [6.45, 7) is 14.4. The van der Waals surface area contributed by atoms with Crippen LogP contribution < -0.4 is 5.32 Å². The van der Waals surface area contributed by atoms with Gasteiger partial charge in [-0.2, -0.15) is 0 Å². The van der Waals surface area contributed by atoms with E-state index in [4.69, 9.17) is 9.16 Å². The Balaban J connectivity index is 2.08. The molecular formula is C21H35NO3Si. The number of hydrogen-bond acceptors (Lipinski definition) is 4. The van der Waals surface area contributed by atoms with E-state index in [1.165, 1.54) is 5.56 Å². The van der Waals surface area contributed by atoms with Crippen LogP contribution in [-0.4, -0.2) is 33.5 Å². The third-order valence-corrected chi connectivity index (χ3v) is 10.3. The monoisotopic (exact) mass is 377 g/mol. The maximum Gasteiger partial charge on any atom is 0.307 e. The highest BCUT2D eigenvalue weighted by Gasteiger charge is 2.41. The molecule has 0 spiro atoms. The Morgan fingerprint density at radius 3 is 2.46 bits per heavy atom. The summed E-state index contributed by atoms with van der Waals surface area (Å²) in [7, 11) is -1.79. The number of nitrogens with one attached hydrogen (secondary N) is 1. The predicted molar refractivity (Wildman–Crippen MR) is 109 cm³/mol. The Hall–Kier alpha value is -1.17. The summed E-state index contributed by atoms with van der Waals surface area (Å²) in [5, 5.41) is 3.86. The van der Waals surface area contributed by atoms with Crippen LogP contribution in [-0.2, 0) is 14.0 Å². The molecule has 1 saturated heterocycles. The van der Waals surface area contributed by atoms with Gasteiger partial charge in [0.15, 0.2) is 8.32 Å². The number of hydrogen-bond donors (Lipinski definition) is 1. The predicted octanol–water partition coefficient (Wildman–Crippen LogP) is 4.68. The first-order chi connectivity index (χ1) is 12.1. The highest BCUT2D eigenvalue weighted by atomic mass is 28.4. The molecule has 1 N–H and O–H groups in total. The van der Waals surface area contributed by atoms with Crippen LogP contribution >= 0.6 is 0 Å². The molecule has 0 unspecified atom stereocenters. The minimum absolute atomic E-state index is 0.122. The Kier molecular flexibility index (Phi) is 7.05. The molecule has 0 radical (unpaired) electrons. The van der Waals surface area contributed by atoms with Gasteiger partial charge in [0.2, 0.25) is 0 Å². The topological polar surface area (TPSA) is 47.6 Å². The largest absolute Gasteiger partial charge is 0.466 e. The van der Waals surface area contributed by atoms with E-state index < -0.39 is 8.32 Å². The molecule has 0 bridgehead atoms. The van der Waals surface area contributed by atoms with Gasteiger partial charge in [-0.1, -0.05) is 51.1 Å². The Labute approximate surface area is 159 Å². The molecule has 1 fully saturated rings. The van der Waals surface area contributed by atoms with E-state index in [0.717, 1.165) is 13.0 Å². The number of esters is 1. The molecule has 0 amide bonds. The lowest BCUT2D eigenvalue weighted by Crippen LogP contribution is -2.42. The quantitative estimate of drug-likeness (QED) is 0.553. The molecule has 1 aromatic carbocycles. The van der Waals surface area contributed by atoms with Crippen molar-refractivity contribution in [3.05, 3.63) is 35.9 Å². The lowest BCUT2D eigenvalue weighted by Gasteiger charge is -2.37. The van der Waals surface area contributed by atoms with E-state index in [9.17, 15) is 4.79 Å². The van der Waals surface area contributed by atoms with E-state index in [1.807, 2.05) is 13.0 Å². The van der Waals surface area contributed by atoms with E-state index in [2.05, 4.69) is 63.4 Å². The molecule has 1 aliphatic heterocycles. The van der Waals surface area contributed by atoms with E-state index in [-0.39, 0.29) is 23.1 Å². The van der Waals surface area contributed by atoms with Crippen LogP contribution in [0.5, 0.6) is 0 Å². The summed E-state index contributed by atoms with van der Waals surface area (Å²) < 4.78 is 11.6. The molecule has 1 heterocycles. The summed E-state index contributed by atoms with van der Waals surface area (Å²) in [4.78, 5) is 11.9. The van der Waals surface area contributed by atoms with Gasteiger partial charge in [-0.25, -0.2) is 0 Å². The van der Waals surface area contributed by atoms with Crippen molar-refractivity contribution in [3.8, 4) is 0 Å². The van der Waals surface area contributed by atoms with E-state index in [1.54, 1.807) is 0 Å². The third-order valence-electron chi connectivity index (χ3n) is 5.82. The molecule has 4 nitrogen and oxygen atoms in total. The molecule has 3 atom stereocenters. The van der Waals surface area contributed by atoms with Gasteiger partial charge < -0.3 is 14.5 Å². The summed E-state index contributed by atoms with van der Waals surface area (Å²) in [5.74, 6) is 0.244. The molecule has 0 saturated carbocycles. The first-order valence-corrected chi connectivity index (χ1v) is 12.7. The van der Waals surface area contributed by atoms with Crippen molar-refractivity contribution >= 4 is 14.3 Å². The first-order valence-electron chi connectivity index (χ1n) is 9.74. The molecule has 26 heavy (non-hydrogen) atoms. The third kappa shape index (κ3) is 5.41. The van der Waals surface area contributed by atoms with Crippen LogP contribution in [0.25, 0.3) is 0 Å². The van der Waals surface area contributed by atoms with Crippen LogP contribution in [0.2, 0.25) is 18.1 Å². The van der Waals surface area contributed by atoms with E-state index >= 15 is 0 Å². The highest BCUT2D eigenvalue weighted by Crippen LogP contribution is 2.39. The first kappa shape index (κ1) is 21.1. The molecule has 146 valence electrons. The van der Waals surface area contributed by atoms with Gasteiger partial charge in [0, 0.05) is 24.6 Å². The second-order valence-electron chi connectivity index (χ2n) is 8.83. The summed E-state index contributed by atoms with van der Waals surface area (Å²) >= 11 is 0. The molecule has 2 rings (SSSR count). The maximum atomic E-state index is 11.9. The van der Waals surface area contributed by atoms with Gasteiger partial charge >= 0.3 is 5.97 Å². The zero-order valence-corrected chi connectivity index (χ0v) is 18.2. The zero-order valence-electron chi connectivity index (χ0n) is 17.2. The number of carbonyl (C=O) groups excluding carboxylic acids is 1. The van der Waals surface area contributed by atoms with Crippen molar-refractivity contribution < 1.29 is 14.0 Å². The summed E-state index contributed by atoms with van der Waals surface area (Å²) in [6, 6.07) is 10.9. The van der Waals surface area contributed by atoms with Gasteiger partial charge in [0.05, 0.1) is 13.0 Å². The van der Waals surface area contributed by atoms with Crippen molar-refractivity contribution in [2.75, 3.05) is 13.2 Å². The van der Waals surface area contributed by atoms with Gasteiger partial charge in [0.25, 0.3) is 0 Å². The maximum absolute atomic E-state index is 11.9. The van der Waals surface area contributed by atoms with Gasteiger partial charge in [0.1, 0.15) is 0 Å². The standard InChI is InChI=1S/C21H35NO3Si/c1-7-24-19(23)14-18-13-17(15-25-26(5,6)21(2,3)4)20(22-18)16-11-9-8-10-12-16/h8-12,17-18,20,22H,7,13-15H2,1-6H3/t17-,18+,20-/m1/s1. The van der Waals surface area contributed by atoms with Crippen molar-refractivity contribution in [2.45, 2.75) is 70.8 Å². The number of benzene rings is 1. The summed E-state index contributed by atoms with van der Waals surface area (Å²) in [6.07, 6.45) is 1.36. The molecule has 0 aromatic heterocycles. The SMILES string of the molecule is CCOC(=O)C[C@@H]1C[C@H](CO[Si](C)(C)C(C)(C)C)[C@@H](c2ccccc2)N1. The Morgan fingerprint density at radius 2 is 1.88 bits per heavy atom. The Bertz CT molecular complexity index is 583. The highest BCUT2D eigenvalue weighted by molar-refractivity contribution is 6.74. The van der Waals surface area contributed by atoms with E-state index in [0.29, 0.717) is 18.9 Å². The van der Waals surface area contributed by atoms with Gasteiger partial charge in [-0.05, 0) is 37.0 Å². The number of rotatable bonds is 7. The minimum atomic E-state index is -1.79. The van der Waals surface area contributed by atoms with Crippen molar-refractivity contribution in [2.24, 2.45) is 5.92 Å². The van der Waals surface area contributed by atoms with Crippen molar-refractivity contribution in [1.82, 2.24) is 5.32 Å². The number of carbonyl (C=O) groups is 1. The van der Waals surface area contributed by atoms with Crippen LogP contribution in [0.3, 0.4) is 0 Å². The smallest absolute Gasteiger partial charge is 0.307 e. The average Bonchev–Trinajstić information content (AvgIpc) is 2.96. The van der Waals surface area contributed by atoms with Crippen LogP contribution in [0.1, 0.15) is 52.1 Å².